The maximum absolute atomic E-state index is 13.4. The van der Waals surface area contributed by atoms with E-state index in [1.165, 1.54) is 6.26 Å². The zero-order chi connectivity index (χ0) is 22.5. The first-order valence-electron chi connectivity index (χ1n) is 10.6. The molecule has 1 aliphatic carbocycles. The molecule has 0 saturated heterocycles. The van der Waals surface area contributed by atoms with E-state index in [1.54, 1.807) is 45.0 Å². The molecular formula is C25H27NO5. The molecule has 4 rings (SSSR count). The molecule has 2 heterocycles. The van der Waals surface area contributed by atoms with Crippen molar-refractivity contribution < 1.29 is 18.7 Å². The van der Waals surface area contributed by atoms with Crippen molar-refractivity contribution >= 4 is 28.4 Å². The quantitative estimate of drug-likeness (QED) is 0.678. The number of benzene rings is 1. The first-order valence-corrected chi connectivity index (χ1v) is 10.6. The van der Waals surface area contributed by atoms with Gasteiger partial charge in [0.05, 0.1) is 17.8 Å². The van der Waals surface area contributed by atoms with Crippen LogP contribution in [0, 0.1) is 11.3 Å². The number of para-hydroxylation sites is 1. The van der Waals surface area contributed by atoms with Crippen molar-refractivity contribution in [1.82, 2.24) is 0 Å². The number of carbonyl (C=O) groups excluding carboxylic acids is 2. The van der Waals surface area contributed by atoms with E-state index < -0.39 is 17.8 Å². The summed E-state index contributed by atoms with van der Waals surface area (Å²) in [6.45, 7) is 9.35. The number of ether oxygens (including phenoxy) is 1. The topological polar surface area (TPSA) is 85.9 Å². The maximum atomic E-state index is 13.4. The Hall–Kier alpha value is -3.02. The van der Waals surface area contributed by atoms with Crippen molar-refractivity contribution in [2.24, 2.45) is 16.3 Å². The average molecular weight is 421 g/mol. The second-order valence-electron chi connectivity index (χ2n) is 9.51. The highest BCUT2D eigenvalue weighted by atomic mass is 16.5. The summed E-state index contributed by atoms with van der Waals surface area (Å²) in [5.74, 6) is -2.20. The summed E-state index contributed by atoms with van der Waals surface area (Å²) in [6.07, 6.45) is 2.00. The van der Waals surface area contributed by atoms with E-state index in [-0.39, 0.29) is 22.7 Å². The lowest BCUT2D eigenvalue weighted by molar-refractivity contribution is -0.150. The van der Waals surface area contributed by atoms with E-state index >= 15 is 0 Å². The number of aliphatic imine (C=N–C) groups is 1. The van der Waals surface area contributed by atoms with Crippen molar-refractivity contribution in [1.29, 1.82) is 0 Å². The Balaban J connectivity index is 1.96. The largest absolute Gasteiger partial charge is 0.464 e. The normalized spacial score (nSPS) is 23.0. The van der Waals surface area contributed by atoms with E-state index in [1.807, 2.05) is 13.8 Å². The number of hydrogen-bond donors (Lipinski definition) is 0. The van der Waals surface area contributed by atoms with E-state index in [9.17, 15) is 14.4 Å². The van der Waals surface area contributed by atoms with Crippen LogP contribution in [0.5, 0.6) is 0 Å². The molecule has 1 aliphatic heterocycles. The van der Waals surface area contributed by atoms with Gasteiger partial charge in [-0.25, -0.2) is 0 Å². The summed E-state index contributed by atoms with van der Waals surface area (Å²) < 4.78 is 11.3. The molecule has 1 unspecified atom stereocenters. The van der Waals surface area contributed by atoms with Crippen LogP contribution in [0.4, 0.5) is 0 Å². The fourth-order valence-electron chi connectivity index (χ4n) is 4.70. The van der Waals surface area contributed by atoms with E-state index in [2.05, 4.69) is 4.99 Å². The molecule has 0 N–H and O–H groups in total. The van der Waals surface area contributed by atoms with Crippen LogP contribution in [0.25, 0.3) is 11.0 Å². The van der Waals surface area contributed by atoms with Gasteiger partial charge >= 0.3 is 5.97 Å². The molecule has 31 heavy (non-hydrogen) atoms. The standard InChI is InChI=1S/C25H27NO5/c1-13(2)31-24(29)20-14(3)26-17-10-25(4,5)11-18(27)22(17)21(20)16-12-30-19-9-7-6-8-15(19)23(16)28/h6-9,12-13,20-21H,10-11H2,1-5H3/t20?,21-/m0/s1. The van der Waals surface area contributed by atoms with Crippen LogP contribution in [0.15, 0.2) is 56.0 Å². The van der Waals surface area contributed by atoms with Gasteiger partial charge < -0.3 is 9.15 Å². The van der Waals surface area contributed by atoms with Crippen LogP contribution in [-0.4, -0.2) is 23.6 Å². The molecule has 1 aromatic carbocycles. The smallest absolute Gasteiger partial charge is 0.315 e. The van der Waals surface area contributed by atoms with Gasteiger partial charge in [0.2, 0.25) is 0 Å². The first kappa shape index (κ1) is 21.2. The minimum atomic E-state index is -0.852. The minimum absolute atomic E-state index is 0.0811. The fraction of sp³-hybridized carbons (Fsp3) is 0.440. The van der Waals surface area contributed by atoms with E-state index in [4.69, 9.17) is 9.15 Å². The number of hydrogen-bond acceptors (Lipinski definition) is 6. The molecule has 6 heteroatoms. The molecule has 0 spiro atoms. The average Bonchev–Trinajstić information content (AvgIpc) is 2.65. The number of Topliss-reactive ketones (excluding diaryl/α,β-unsaturated/α-hetero) is 1. The minimum Gasteiger partial charge on any atom is -0.464 e. The van der Waals surface area contributed by atoms with Gasteiger partial charge in [-0.2, -0.15) is 0 Å². The summed E-state index contributed by atoms with van der Waals surface area (Å²) in [4.78, 5) is 44.5. The molecule has 2 aromatic rings. The molecule has 1 aromatic heterocycles. The van der Waals surface area contributed by atoms with Crippen molar-refractivity contribution in [3.8, 4) is 0 Å². The van der Waals surface area contributed by atoms with Crippen molar-refractivity contribution in [2.75, 3.05) is 0 Å². The van der Waals surface area contributed by atoms with Crippen LogP contribution >= 0.6 is 0 Å². The van der Waals surface area contributed by atoms with Crippen LogP contribution in [-0.2, 0) is 14.3 Å². The lowest BCUT2D eigenvalue weighted by Gasteiger charge is -2.38. The monoisotopic (exact) mass is 421 g/mol. The summed E-state index contributed by atoms with van der Waals surface area (Å²) in [5.41, 5.74) is 1.93. The third-order valence-corrected chi connectivity index (χ3v) is 5.95. The van der Waals surface area contributed by atoms with Gasteiger partial charge in [0.25, 0.3) is 0 Å². The Kier molecular flexibility index (Phi) is 5.20. The van der Waals surface area contributed by atoms with Crippen LogP contribution < -0.4 is 5.43 Å². The van der Waals surface area contributed by atoms with E-state index in [0.717, 1.165) is 0 Å². The molecule has 162 valence electrons. The molecule has 0 radical (unpaired) electrons. The number of esters is 1. The number of carbonyl (C=O) groups is 2. The van der Waals surface area contributed by atoms with Gasteiger partial charge in [-0.1, -0.05) is 26.0 Å². The predicted molar refractivity (Wildman–Crippen MR) is 118 cm³/mol. The number of fused-ring (bicyclic) bond motifs is 1. The van der Waals surface area contributed by atoms with Crippen molar-refractivity contribution in [3.05, 3.63) is 57.6 Å². The zero-order valence-corrected chi connectivity index (χ0v) is 18.5. The highest BCUT2D eigenvalue weighted by Gasteiger charge is 2.47. The van der Waals surface area contributed by atoms with Crippen LogP contribution in [0.3, 0.4) is 0 Å². The summed E-state index contributed by atoms with van der Waals surface area (Å²) >= 11 is 0. The van der Waals surface area contributed by atoms with Gasteiger partial charge in [-0.15, -0.1) is 0 Å². The highest BCUT2D eigenvalue weighted by Crippen LogP contribution is 2.47. The number of rotatable bonds is 3. The van der Waals surface area contributed by atoms with E-state index in [0.29, 0.717) is 46.4 Å². The Morgan fingerprint density at radius 3 is 2.61 bits per heavy atom. The van der Waals surface area contributed by atoms with Crippen LogP contribution in [0.1, 0.15) is 58.9 Å². The third kappa shape index (κ3) is 3.75. The fourth-order valence-corrected chi connectivity index (χ4v) is 4.70. The Labute approximate surface area is 181 Å². The second-order valence-corrected chi connectivity index (χ2v) is 9.51. The summed E-state index contributed by atoms with van der Waals surface area (Å²) in [7, 11) is 0. The molecule has 2 atom stereocenters. The van der Waals surface area contributed by atoms with Crippen molar-refractivity contribution in [3.63, 3.8) is 0 Å². The number of allylic oxidation sites excluding steroid dienone is 2. The zero-order valence-electron chi connectivity index (χ0n) is 18.5. The lowest BCUT2D eigenvalue weighted by Crippen LogP contribution is -2.41. The van der Waals surface area contributed by atoms with Gasteiger partial charge in [0.1, 0.15) is 11.5 Å². The number of nitrogens with zero attached hydrogens (tertiary/aromatic N) is 1. The van der Waals surface area contributed by atoms with Gasteiger partial charge in [0, 0.05) is 34.9 Å². The molecule has 6 nitrogen and oxygen atoms in total. The molecular weight excluding hydrogens is 394 g/mol. The summed E-state index contributed by atoms with van der Waals surface area (Å²) in [6, 6.07) is 6.97. The van der Waals surface area contributed by atoms with Gasteiger partial charge in [-0.05, 0) is 44.7 Å². The maximum Gasteiger partial charge on any atom is 0.315 e. The molecule has 0 amide bonds. The Morgan fingerprint density at radius 2 is 1.90 bits per heavy atom. The third-order valence-electron chi connectivity index (χ3n) is 5.95. The van der Waals surface area contributed by atoms with Crippen molar-refractivity contribution in [2.45, 2.75) is 59.5 Å². The molecule has 0 saturated carbocycles. The predicted octanol–water partition coefficient (Wildman–Crippen LogP) is 4.56. The van der Waals surface area contributed by atoms with Gasteiger partial charge in [-0.3, -0.25) is 19.4 Å². The second kappa shape index (κ2) is 7.59. The number of ketones is 1. The molecule has 2 aliphatic rings. The highest BCUT2D eigenvalue weighted by molar-refractivity contribution is 6.09. The Bertz CT molecular complexity index is 1200. The van der Waals surface area contributed by atoms with Gasteiger partial charge in [0.15, 0.2) is 11.2 Å². The lowest BCUT2D eigenvalue weighted by atomic mass is 9.67. The molecule has 0 bridgehead atoms. The van der Waals surface area contributed by atoms with Crippen LogP contribution in [0.2, 0.25) is 0 Å². The molecule has 0 fully saturated rings. The SMILES string of the molecule is CC1=NC2=C(C(=O)CC(C)(C)C2)[C@@H](c2coc3ccccc3c2=O)C1C(=O)OC(C)C. The summed E-state index contributed by atoms with van der Waals surface area (Å²) in [5, 5.41) is 0.418. The Morgan fingerprint density at radius 1 is 1.19 bits per heavy atom. The first-order chi connectivity index (χ1) is 14.6.